The highest BCUT2D eigenvalue weighted by Gasteiger charge is 2.24. The predicted octanol–water partition coefficient (Wildman–Crippen LogP) is 6.62. The molecule has 1 heterocycles. The summed E-state index contributed by atoms with van der Waals surface area (Å²) in [5.41, 5.74) is 5.12. The van der Waals surface area contributed by atoms with Crippen molar-refractivity contribution in [3.63, 3.8) is 0 Å². The van der Waals surface area contributed by atoms with Crippen molar-refractivity contribution in [2.45, 2.75) is 56.8 Å². The highest BCUT2D eigenvalue weighted by Crippen LogP contribution is 2.42. The van der Waals surface area contributed by atoms with Gasteiger partial charge in [0.15, 0.2) is 0 Å². The van der Waals surface area contributed by atoms with Crippen molar-refractivity contribution in [3.8, 4) is 16.9 Å². The first kappa shape index (κ1) is 22.3. The molecule has 3 nitrogen and oxygen atoms in total. The molecule has 30 heavy (non-hydrogen) atoms. The number of nitrogens with zero attached hydrogens (tertiary/aromatic N) is 1. The Labute approximate surface area is 182 Å². The van der Waals surface area contributed by atoms with E-state index < -0.39 is 0 Å². The van der Waals surface area contributed by atoms with Crippen LogP contribution in [-0.4, -0.2) is 15.2 Å². The summed E-state index contributed by atoms with van der Waals surface area (Å²) in [6.45, 7) is 8.18. The van der Waals surface area contributed by atoms with E-state index in [1.165, 1.54) is 12.1 Å². The number of aromatic hydroxyl groups is 1. The molecular weight excluding hydrogens is 397 g/mol. The zero-order valence-electron chi connectivity index (χ0n) is 17.8. The Morgan fingerprint density at radius 3 is 2.07 bits per heavy atom. The standard InChI is InChI=1S/C25H28FNO2S/c1-15(2)24-20(13-28)23(19-7-5-6-8-22(19)29)21(25(27-24)16(3)4)14-30-18-11-9-17(26)10-12-18/h5-12,15-16,28-29H,13-14H2,1-4H3. The van der Waals surface area contributed by atoms with Gasteiger partial charge in [-0.2, -0.15) is 0 Å². The smallest absolute Gasteiger partial charge is 0.123 e. The Hall–Kier alpha value is -2.37. The molecule has 3 rings (SSSR count). The fourth-order valence-electron chi connectivity index (χ4n) is 3.66. The summed E-state index contributed by atoms with van der Waals surface area (Å²) in [6, 6.07) is 13.6. The molecule has 0 bridgehead atoms. The van der Waals surface area contributed by atoms with Gasteiger partial charge in [-0.05, 0) is 53.3 Å². The van der Waals surface area contributed by atoms with E-state index in [9.17, 15) is 14.6 Å². The maximum Gasteiger partial charge on any atom is 0.123 e. The van der Waals surface area contributed by atoms with Gasteiger partial charge in [0.2, 0.25) is 0 Å². The Morgan fingerprint density at radius 2 is 1.50 bits per heavy atom. The van der Waals surface area contributed by atoms with Crippen molar-refractivity contribution in [2.75, 3.05) is 0 Å². The molecule has 0 amide bonds. The molecule has 2 aromatic carbocycles. The Kier molecular flexibility index (Phi) is 7.16. The van der Waals surface area contributed by atoms with Crippen LogP contribution in [0.15, 0.2) is 53.4 Å². The van der Waals surface area contributed by atoms with Crippen molar-refractivity contribution in [2.24, 2.45) is 0 Å². The molecule has 0 atom stereocenters. The molecule has 0 aliphatic rings. The van der Waals surface area contributed by atoms with E-state index >= 15 is 0 Å². The monoisotopic (exact) mass is 425 g/mol. The van der Waals surface area contributed by atoms with Gasteiger partial charge >= 0.3 is 0 Å². The summed E-state index contributed by atoms with van der Waals surface area (Å²) in [7, 11) is 0. The number of phenolic OH excluding ortho intramolecular Hbond substituents is 1. The molecule has 0 spiro atoms. The number of hydrogen-bond donors (Lipinski definition) is 2. The second-order valence-electron chi connectivity index (χ2n) is 7.94. The first-order valence-electron chi connectivity index (χ1n) is 10.2. The molecule has 0 aliphatic carbocycles. The fraction of sp³-hybridized carbons (Fsp3) is 0.320. The summed E-state index contributed by atoms with van der Waals surface area (Å²) in [5.74, 6) is 0.816. The molecule has 158 valence electrons. The lowest BCUT2D eigenvalue weighted by atomic mass is 9.87. The zero-order valence-corrected chi connectivity index (χ0v) is 18.6. The first-order chi connectivity index (χ1) is 14.3. The summed E-state index contributed by atoms with van der Waals surface area (Å²) >= 11 is 1.59. The molecule has 0 saturated heterocycles. The van der Waals surface area contributed by atoms with Crippen LogP contribution in [0.1, 0.15) is 62.0 Å². The minimum Gasteiger partial charge on any atom is -0.507 e. The topological polar surface area (TPSA) is 53.4 Å². The molecular formula is C25H28FNO2S. The van der Waals surface area contributed by atoms with E-state index in [2.05, 4.69) is 27.7 Å². The maximum absolute atomic E-state index is 13.3. The van der Waals surface area contributed by atoms with Crippen molar-refractivity contribution in [3.05, 3.63) is 76.9 Å². The average molecular weight is 426 g/mol. The number of aliphatic hydroxyl groups is 1. The number of benzene rings is 2. The second-order valence-corrected chi connectivity index (χ2v) is 8.99. The number of halogens is 1. The van der Waals surface area contributed by atoms with E-state index in [0.717, 1.165) is 33.0 Å². The minimum atomic E-state index is -0.261. The normalized spacial score (nSPS) is 11.5. The predicted molar refractivity (Wildman–Crippen MR) is 121 cm³/mol. The zero-order chi connectivity index (χ0) is 21.8. The number of aromatic nitrogens is 1. The number of thioether (sulfide) groups is 1. The van der Waals surface area contributed by atoms with Gasteiger partial charge in [0, 0.05) is 33.2 Å². The van der Waals surface area contributed by atoms with Crippen LogP contribution in [0.4, 0.5) is 4.39 Å². The van der Waals surface area contributed by atoms with Gasteiger partial charge < -0.3 is 10.2 Å². The lowest BCUT2D eigenvalue weighted by molar-refractivity contribution is 0.279. The fourth-order valence-corrected chi connectivity index (χ4v) is 4.59. The SMILES string of the molecule is CC(C)c1nc(C(C)C)c(CSc2ccc(F)cc2)c(-c2ccccc2O)c1CO. The number of para-hydroxylation sites is 1. The third-order valence-electron chi connectivity index (χ3n) is 5.08. The summed E-state index contributed by atoms with van der Waals surface area (Å²) < 4.78 is 13.3. The van der Waals surface area contributed by atoms with Gasteiger partial charge in [-0.3, -0.25) is 4.98 Å². The number of pyridine rings is 1. The summed E-state index contributed by atoms with van der Waals surface area (Å²) in [5, 5.41) is 20.9. The maximum atomic E-state index is 13.3. The van der Waals surface area contributed by atoms with Crippen LogP contribution in [0.2, 0.25) is 0 Å². The highest BCUT2D eigenvalue weighted by molar-refractivity contribution is 7.98. The third kappa shape index (κ3) is 4.68. The Bertz CT molecular complexity index is 1020. The van der Waals surface area contributed by atoms with Gasteiger partial charge in [0.1, 0.15) is 11.6 Å². The molecule has 2 N–H and O–H groups in total. The van der Waals surface area contributed by atoms with E-state index in [-0.39, 0.29) is 30.0 Å². The summed E-state index contributed by atoms with van der Waals surface area (Å²) in [4.78, 5) is 5.92. The van der Waals surface area contributed by atoms with Gasteiger partial charge in [-0.1, -0.05) is 45.9 Å². The second kappa shape index (κ2) is 9.63. The molecule has 0 unspecified atom stereocenters. The minimum absolute atomic E-state index is 0.132. The number of phenols is 1. The van der Waals surface area contributed by atoms with Gasteiger partial charge in [-0.25, -0.2) is 4.39 Å². The van der Waals surface area contributed by atoms with Crippen molar-refractivity contribution in [1.82, 2.24) is 4.98 Å². The van der Waals surface area contributed by atoms with Crippen LogP contribution >= 0.6 is 11.8 Å². The van der Waals surface area contributed by atoms with Gasteiger partial charge in [-0.15, -0.1) is 11.8 Å². The van der Waals surface area contributed by atoms with E-state index in [0.29, 0.717) is 11.3 Å². The molecule has 3 aromatic rings. The van der Waals surface area contributed by atoms with E-state index in [1.807, 2.05) is 12.1 Å². The Morgan fingerprint density at radius 1 is 0.900 bits per heavy atom. The molecule has 5 heteroatoms. The average Bonchev–Trinajstić information content (AvgIpc) is 2.72. The summed E-state index contributed by atoms with van der Waals surface area (Å²) in [6.07, 6.45) is 0. The van der Waals surface area contributed by atoms with Crippen LogP contribution in [0.25, 0.3) is 11.1 Å². The number of hydrogen-bond acceptors (Lipinski definition) is 4. The Balaban J connectivity index is 2.23. The largest absolute Gasteiger partial charge is 0.507 e. The van der Waals surface area contributed by atoms with Gasteiger partial charge in [0.25, 0.3) is 0 Å². The first-order valence-corrected chi connectivity index (χ1v) is 11.1. The van der Waals surface area contributed by atoms with Crippen molar-refractivity contribution >= 4 is 11.8 Å². The van der Waals surface area contributed by atoms with E-state index in [4.69, 9.17) is 4.98 Å². The molecule has 0 aliphatic heterocycles. The van der Waals surface area contributed by atoms with E-state index in [1.54, 1.807) is 36.0 Å². The van der Waals surface area contributed by atoms with Gasteiger partial charge in [0.05, 0.1) is 6.61 Å². The van der Waals surface area contributed by atoms with Crippen molar-refractivity contribution < 1.29 is 14.6 Å². The molecule has 0 radical (unpaired) electrons. The molecule has 1 aromatic heterocycles. The third-order valence-corrected chi connectivity index (χ3v) is 6.12. The highest BCUT2D eigenvalue weighted by atomic mass is 32.2. The number of aliphatic hydroxyl groups excluding tert-OH is 1. The quantitative estimate of drug-likeness (QED) is 0.417. The van der Waals surface area contributed by atoms with Crippen molar-refractivity contribution in [1.29, 1.82) is 0 Å². The molecule has 0 fully saturated rings. The van der Waals surface area contributed by atoms with Crippen LogP contribution < -0.4 is 0 Å². The number of rotatable bonds is 7. The van der Waals surface area contributed by atoms with Crippen LogP contribution in [0.3, 0.4) is 0 Å². The van der Waals surface area contributed by atoms with Crippen LogP contribution in [0.5, 0.6) is 5.75 Å². The van der Waals surface area contributed by atoms with Crippen LogP contribution in [-0.2, 0) is 12.4 Å². The molecule has 0 saturated carbocycles. The van der Waals surface area contributed by atoms with Crippen LogP contribution in [0, 0.1) is 5.82 Å². The lowest BCUT2D eigenvalue weighted by Crippen LogP contribution is -2.12. The lowest BCUT2D eigenvalue weighted by Gasteiger charge is -2.24.